The summed E-state index contributed by atoms with van der Waals surface area (Å²) in [5, 5.41) is 0. The number of hydrogen-bond acceptors (Lipinski definition) is 2. The van der Waals surface area contributed by atoms with E-state index in [4.69, 9.17) is 10.5 Å². The SMILES string of the molecule is CC[C@@H](C)OC1CCC(N)CC1. The van der Waals surface area contributed by atoms with E-state index in [1.54, 1.807) is 0 Å². The lowest BCUT2D eigenvalue weighted by Gasteiger charge is -2.28. The van der Waals surface area contributed by atoms with E-state index in [9.17, 15) is 0 Å². The van der Waals surface area contributed by atoms with Crippen molar-refractivity contribution in [2.75, 3.05) is 0 Å². The molecule has 0 unspecified atom stereocenters. The van der Waals surface area contributed by atoms with Gasteiger partial charge in [0.05, 0.1) is 12.2 Å². The maximum Gasteiger partial charge on any atom is 0.0580 e. The minimum Gasteiger partial charge on any atom is -0.375 e. The Morgan fingerprint density at radius 3 is 2.42 bits per heavy atom. The quantitative estimate of drug-likeness (QED) is 0.705. The van der Waals surface area contributed by atoms with Gasteiger partial charge in [0, 0.05) is 6.04 Å². The van der Waals surface area contributed by atoms with Crippen LogP contribution in [0.3, 0.4) is 0 Å². The molecule has 1 atom stereocenters. The third-order valence-corrected chi connectivity index (χ3v) is 2.72. The molecule has 0 radical (unpaired) electrons. The van der Waals surface area contributed by atoms with Crippen LogP contribution < -0.4 is 5.73 Å². The van der Waals surface area contributed by atoms with Gasteiger partial charge in [-0.1, -0.05) is 6.92 Å². The fraction of sp³-hybridized carbons (Fsp3) is 1.00. The average Bonchev–Trinajstić information content (AvgIpc) is 2.09. The van der Waals surface area contributed by atoms with Gasteiger partial charge in [0.1, 0.15) is 0 Å². The molecule has 1 aliphatic rings. The summed E-state index contributed by atoms with van der Waals surface area (Å²) in [6, 6.07) is 0.432. The van der Waals surface area contributed by atoms with E-state index in [0.29, 0.717) is 18.2 Å². The normalized spacial score (nSPS) is 33.2. The Morgan fingerprint density at radius 1 is 1.33 bits per heavy atom. The van der Waals surface area contributed by atoms with Gasteiger partial charge in [0.25, 0.3) is 0 Å². The van der Waals surface area contributed by atoms with Gasteiger partial charge in [0.15, 0.2) is 0 Å². The molecule has 0 spiro atoms. The maximum atomic E-state index is 5.83. The molecular weight excluding hydrogens is 150 g/mol. The lowest BCUT2D eigenvalue weighted by molar-refractivity contribution is -0.0242. The molecule has 0 aliphatic heterocycles. The van der Waals surface area contributed by atoms with E-state index in [2.05, 4.69) is 13.8 Å². The highest BCUT2D eigenvalue weighted by Gasteiger charge is 2.19. The van der Waals surface area contributed by atoms with Crippen molar-refractivity contribution in [2.24, 2.45) is 5.73 Å². The van der Waals surface area contributed by atoms with Gasteiger partial charge in [0.2, 0.25) is 0 Å². The van der Waals surface area contributed by atoms with Crippen LogP contribution in [0.2, 0.25) is 0 Å². The number of ether oxygens (including phenoxy) is 1. The molecule has 0 aromatic heterocycles. The zero-order chi connectivity index (χ0) is 8.97. The van der Waals surface area contributed by atoms with Gasteiger partial charge in [-0.15, -0.1) is 0 Å². The summed E-state index contributed by atoms with van der Waals surface area (Å²) in [7, 11) is 0. The minimum absolute atomic E-state index is 0.421. The van der Waals surface area contributed by atoms with E-state index < -0.39 is 0 Å². The Bertz CT molecular complexity index is 119. The molecule has 2 nitrogen and oxygen atoms in total. The largest absolute Gasteiger partial charge is 0.375 e. The molecule has 1 saturated carbocycles. The maximum absolute atomic E-state index is 5.83. The van der Waals surface area contributed by atoms with Gasteiger partial charge in [-0.3, -0.25) is 0 Å². The molecule has 2 heteroatoms. The molecule has 0 heterocycles. The molecular formula is C10H21NO. The van der Waals surface area contributed by atoms with Crippen molar-refractivity contribution in [3.8, 4) is 0 Å². The zero-order valence-corrected chi connectivity index (χ0v) is 8.25. The Balaban J connectivity index is 2.17. The lowest BCUT2D eigenvalue weighted by atomic mass is 9.93. The minimum atomic E-state index is 0.421. The second kappa shape index (κ2) is 4.83. The van der Waals surface area contributed by atoms with Gasteiger partial charge in [-0.2, -0.15) is 0 Å². The molecule has 2 N–H and O–H groups in total. The summed E-state index contributed by atoms with van der Waals surface area (Å²) in [5.74, 6) is 0. The van der Waals surface area contributed by atoms with E-state index >= 15 is 0 Å². The molecule has 1 aliphatic carbocycles. The Morgan fingerprint density at radius 2 is 1.92 bits per heavy atom. The molecule has 1 fully saturated rings. The van der Waals surface area contributed by atoms with Crippen LogP contribution in [-0.2, 0) is 4.74 Å². The molecule has 0 saturated heterocycles. The summed E-state index contributed by atoms with van der Waals surface area (Å²) >= 11 is 0. The van der Waals surface area contributed by atoms with Crippen molar-refractivity contribution < 1.29 is 4.74 Å². The highest BCUT2D eigenvalue weighted by atomic mass is 16.5. The first-order valence-electron chi connectivity index (χ1n) is 5.13. The predicted molar refractivity (Wildman–Crippen MR) is 51.1 cm³/mol. The first-order valence-corrected chi connectivity index (χ1v) is 5.13. The third-order valence-electron chi connectivity index (χ3n) is 2.72. The summed E-state index contributed by atoms with van der Waals surface area (Å²) in [5.41, 5.74) is 5.80. The zero-order valence-electron chi connectivity index (χ0n) is 8.25. The van der Waals surface area contributed by atoms with Crippen molar-refractivity contribution in [2.45, 2.75) is 64.2 Å². The second-order valence-electron chi connectivity index (χ2n) is 3.89. The average molecular weight is 171 g/mol. The molecule has 0 bridgehead atoms. The highest BCUT2D eigenvalue weighted by molar-refractivity contribution is 4.75. The van der Waals surface area contributed by atoms with E-state index in [0.717, 1.165) is 32.1 Å². The van der Waals surface area contributed by atoms with Crippen LogP contribution in [-0.4, -0.2) is 18.2 Å². The van der Waals surface area contributed by atoms with Crippen LogP contribution >= 0.6 is 0 Å². The van der Waals surface area contributed by atoms with Crippen LogP contribution in [0.1, 0.15) is 46.0 Å². The van der Waals surface area contributed by atoms with Crippen LogP contribution in [0.5, 0.6) is 0 Å². The first-order chi connectivity index (χ1) is 5.72. The van der Waals surface area contributed by atoms with E-state index in [-0.39, 0.29) is 0 Å². The topological polar surface area (TPSA) is 35.2 Å². The first kappa shape index (κ1) is 10.0. The molecule has 0 aromatic rings. The van der Waals surface area contributed by atoms with Crippen LogP contribution in [0.25, 0.3) is 0 Å². The van der Waals surface area contributed by atoms with Crippen molar-refractivity contribution >= 4 is 0 Å². The van der Waals surface area contributed by atoms with Crippen molar-refractivity contribution in [3.63, 3.8) is 0 Å². The van der Waals surface area contributed by atoms with Crippen molar-refractivity contribution in [3.05, 3.63) is 0 Å². The Labute approximate surface area is 75.5 Å². The predicted octanol–water partition coefficient (Wildman–Crippen LogP) is 2.07. The smallest absolute Gasteiger partial charge is 0.0580 e. The number of nitrogens with two attached hydrogens (primary N) is 1. The van der Waals surface area contributed by atoms with Gasteiger partial charge in [-0.05, 0) is 39.0 Å². The Kier molecular flexibility index (Phi) is 4.02. The molecule has 1 rings (SSSR count). The molecule has 72 valence electrons. The van der Waals surface area contributed by atoms with Gasteiger partial charge in [-0.25, -0.2) is 0 Å². The Hall–Kier alpha value is -0.0800. The monoisotopic (exact) mass is 171 g/mol. The highest BCUT2D eigenvalue weighted by Crippen LogP contribution is 2.21. The number of rotatable bonds is 3. The number of hydrogen-bond donors (Lipinski definition) is 1. The fourth-order valence-corrected chi connectivity index (χ4v) is 1.65. The van der Waals surface area contributed by atoms with Gasteiger partial charge >= 0.3 is 0 Å². The standard InChI is InChI=1S/C10H21NO/c1-3-8(2)12-10-6-4-9(11)5-7-10/h8-10H,3-7,11H2,1-2H3/t8-,9?,10?/m1/s1. The summed E-state index contributed by atoms with van der Waals surface area (Å²) in [4.78, 5) is 0. The summed E-state index contributed by atoms with van der Waals surface area (Å²) < 4.78 is 5.83. The molecule has 0 aromatic carbocycles. The van der Waals surface area contributed by atoms with Crippen LogP contribution in [0.4, 0.5) is 0 Å². The molecule has 0 amide bonds. The lowest BCUT2D eigenvalue weighted by Crippen LogP contribution is -2.31. The summed E-state index contributed by atoms with van der Waals surface area (Å²) in [6.45, 7) is 4.31. The third kappa shape index (κ3) is 3.11. The van der Waals surface area contributed by atoms with Crippen LogP contribution in [0, 0.1) is 0 Å². The van der Waals surface area contributed by atoms with Crippen molar-refractivity contribution in [1.82, 2.24) is 0 Å². The van der Waals surface area contributed by atoms with Crippen molar-refractivity contribution in [1.29, 1.82) is 0 Å². The molecule has 12 heavy (non-hydrogen) atoms. The van der Waals surface area contributed by atoms with Crippen LogP contribution in [0.15, 0.2) is 0 Å². The fourth-order valence-electron chi connectivity index (χ4n) is 1.65. The van der Waals surface area contributed by atoms with E-state index in [1.165, 1.54) is 0 Å². The summed E-state index contributed by atoms with van der Waals surface area (Å²) in [6.07, 6.45) is 6.62. The van der Waals surface area contributed by atoms with E-state index in [1.807, 2.05) is 0 Å². The van der Waals surface area contributed by atoms with Gasteiger partial charge < -0.3 is 10.5 Å². The second-order valence-corrected chi connectivity index (χ2v) is 3.89.